The molecule has 0 saturated carbocycles. The van der Waals surface area contributed by atoms with E-state index in [4.69, 9.17) is 42.6 Å². The Kier molecular flexibility index (Phi) is 30.8. The molecule has 0 bridgehead atoms. The van der Waals surface area contributed by atoms with Gasteiger partial charge in [0.05, 0.1) is 0 Å². The molecule has 18 heteroatoms. The summed E-state index contributed by atoms with van der Waals surface area (Å²) in [5.74, 6) is -9.33. The van der Waals surface area contributed by atoms with Gasteiger partial charge in [0.2, 0.25) is 17.2 Å². The van der Waals surface area contributed by atoms with E-state index >= 15 is 0 Å². The molecule has 84 heavy (non-hydrogen) atoms. The number of ether oxygens (including phenoxy) is 9. The molecule has 1 aliphatic rings. The van der Waals surface area contributed by atoms with E-state index in [0.717, 1.165) is 0 Å². The number of carbonyl (C=O) groups excluding carboxylic acids is 9. The number of rotatable bonds is 36. The summed E-state index contributed by atoms with van der Waals surface area (Å²) in [4.78, 5) is 126. The minimum absolute atomic E-state index is 0.0339. The van der Waals surface area contributed by atoms with E-state index in [9.17, 15) is 43.2 Å². The maximum absolute atomic E-state index is 14.2. The van der Waals surface area contributed by atoms with Crippen molar-refractivity contribution in [3.63, 3.8) is 0 Å². The lowest BCUT2D eigenvalue weighted by molar-refractivity contribution is -0.138. The van der Waals surface area contributed by atoms with Gasteiger partial charge in [0.1, 0.15) is 0 Å². The summed E-state index contributed by atoms with van der Waals surface area (Å²) in [6, 6.07) is 4.40. The average Bonchev–Trinajstić information content (AvgIpc) is 2.73. The second-order valence-electron chi connectivity index (χ2n) is 21.2. The number of unbranched alkanes of at least 4 members (excludes halogenated alkanes) is 9. The standard InChI is InChI=1S/C66H90O18/c1-10-19-28-52(67)76-49-40-43-37-47-45(42-51(78-54(69)30-21-12-3)65(83-59(74)35-26-17-8)62(47)80-56(71)32-23-14-5)39-48-44(38-46(43)61(79-55(70)31-22-13-4)64(49)82-58(73)34-25-16-7)41-50(77-53(68)29-20-11-2)66(84-60(75)36-27-18-9)63(48)81-57(72)33-24-15-6/h40-42H,10-39H2,1-9H3. The van der Waals surface area contributed by atoms with Crippen molar-refractivity contribution >= 4 is 53.7 Å². The van der Waals surface area contributed by atoms with Gasteiger partial charge in [0, 0.05) is 93.7 Å². The first-order chi connectivity index (χ1) is 40.5. The molecule has 0 N–H and O–H groups in total. The van der Waals surface area contributed by atoms with Crippen LogP contribution in [0.25, 0.3) is 0 Å². The number of hydrogen-bond acceptors (Lipinski definition) is 18. The SMILES string of the molecule is CCCCC(=O)Oc1cc2c(c(OC(=O)CCCC)c1OC(=O)CCCC)Cc1cc(OC(=O)CCCC)c(OC(=O)CCCC)c(OC(=O)CCCC)c1Cc1cc(OC(=O)CCCC)c(OC(=O)CCCC)c(OC(=O)CCCC)c1C2. The van der Waals surface area contributed by atoms with Crippen molar-refractivity contribution in [2.24, 2.45) is 0 Å². The zero-order chi connectivity index (χ0) is 61.6. The first-order valence-electron chi connectivity index (χ1n) is 30.9. The minimum Gasteiger partial charge on any atom is -0.422 e. The van der Waals surface area contributed by atoms with Gasteiger partial charge in [-0.3, -0.25) is 43.2 Å². The van der Waals surface area contributed by atoms with Crippen molar-refractivity contribution in [3.8, 4) is 51.7 Å². The highest BCUT2D eigenvalue weighted by Gasteiger charge is 2.36. The highest BCUT2D eigenvalue weighted by molar-refractivity contribution is 5.86. The Morgan fingerprint density at radius 1 is 0.250 bits per heavy atom. The molecule has 0 unspecified atom stereocenters. The topological polar surface area (TPSA) is 237 Å². The van der Waals surface area contributed by atoms with Crippen LogP contribution in [0.2, 0.25) is 0 Å². The van der Waals surface area contributed by atoms with Gasteiger partial charge in [-0.05, 0) is 92.7 Å². The summed E-state index contributed by atoms with van der Waals surface area (Å²) in [6.07, 6.45) is 8.04. The van der Waals surface area contributed by atoms with E-state index in [2.05, 4.69) is 0 Å². The Morgan fingerprint density at radius 2 is 0.405 bits per heavy atom. The molecule has 0 aromatic heterocycles. The summed E-state index contributed by atoms with van der Waals surface area (Å²) in [7, 11) is 0. The summed E-state index contributed by atoms with van der Waals surface area (Å²) >= 11 is 0. The number of carbonyl (C=O) groups is 9. The zero-order valence-electron chi connectivity index (χ0n) is 51.3. The fraction of sp³-hybridized carbons (Fsp3) is 0.591. The van der Waals surface area contributed by atoms with Crippen LogP contribution in [0.4, 0.5) is 0 Å². The lowest BCUT2D eigenvalue weighted by atomic mass is 9.92. The van der Waals surface area contributed by atoms with Crippen molar-refractivity contribution in [1.82, 2.24) is 0 Å². The molecule has 3 aromatic carbocycles. The van der Waals surface area contributed by atoms with Gasteiger partial charge in [0.25, 0.3) is 0 Å². The van der Waals surface area contributed by atoms with Crippen molar-refractivity contribution < 1.29 is 85.8 Å². The molecule has 0 heterocycles. The molecule has 462 valence electrons. The third-order valence-corrected chi connectivity index (χ3v) is 13.9. The van der Waals surface area contributed by atoms with Gasteiger partial charge in [0.15, 0.2) is 34.5 Å². The summed E-state index contributed by atoms with van der Waals surface area (Å²) in [5.41, 5.74) is 1.19. The molecule has 3 aromatic rings. The summed E-state index contributed by atoms with van der Waals surface area (Å²) in [6.45, 7) is 17.1. The molecule has 0 radical (unpaired) electrons. The van der Waals surface area contributed by atoms with E-state index < -0.39 is 53.7 Å². The van der Waals surface area contributed by atoms with Crippen LogP contribution < -0.4 is 42.6 Å². The summed E-state index contributed by atoms with van der Waals surface area (Å²) in [5, 5.41) is 0. The molecule has 0 amide bonds. The third-order valence-electron chi connectivity index (χ3n) is 13.9. The minimum atomic E-state index is -0.730. The van der Waals surface area contributed by atoms with Gasteiger partial charge < -0.3 is 42.6 Å². The van der Waals surface area contributed by atoms with Crippen LogP contribution in [0.5, 0.6) is 51.7 Å². The van der Waals surface area contributed by atoms with Crippen LogP contribution in [0.1, 0.15) is 269 Å². The quantitative estimate of drug-likeness (QED) is 0.0304. The van der Waals surface area contributed by atoms with Crippen LogP contribution in [0.15, 0.2) is 18.2 Å². The predicted octanol–water partition coefficient (Wildman–Crippen LogP) is 14.6. The van der Waals surface area contributed by atoms with E-state index in [1.54, 1.807) is 0 Å². The predicted molar refractivity (Wildman–Crippen MR) is 314 cm³/mol. The highest BCUT2D eigenvalue weighted by Crippen LogP contribution is 2.53. The molecule has 4 rings (SSSR count). The van der Waals surface area contributed by atoms with Crippen LogP contribution in [-0.4, -0.2) is 53.7 Å². The van der Waals surface area contributed by atoms with Gasteiger partial charge >= 0.3 is 53.7 Å². The number of benzene rings is 3. The molecule has 0 aliphatic heterocycles. The molecule has 0 saturated heterocycles. The van der Waals surface area contributed by atoms with Gasteiger partial charge in [-0.25, -0.2) is 0 Å². The number of esters is 9. The largest absolute Gasteiger partial charge is 0.422 e. The Labute approximate surface area is 496 Å². The van der Waals surface area contributed by atoms with E-state index in [-0.39, 0.29) is 162 Å². The Morgan fingerprint density at radius 3 is 0.571 bits per heavy atom. The molecule has 0 atom stereocenters. The van der Waals surface area contributed by atoms with Crippen LogP contribution in [0.3, 0.4) is 0 Å². The van der Waals surface area contributed by atoms with E-state index in [1.807, 2.05) is 62.3 Å². The molecule has 0 spiro atoms. The van der Waals surface area contributed by atoms with Crippen molar-refractivity contribution in [2.75, 3.05) is 0 Å². The lowest BCUT2D eigenvalue weighted by Crippen LogP contribution is -2.18. The Bertz CT molecular complexity index is 2460. The Balaban J connectivity index is 2.47. The van der Waals surface area contributed by atoms with Gasteiger partial charge in [-0.2, -0.15) is 0 Å². The second kappa shape index (κ2) is 37.3. The van der Waals surface area contributed by atoms with Crippen molar-refractivity contribution in [2.45, 2.75) is 255 Å². The fourth-order valence-corrected chi connectivity index (χ4v) is 8.98. The second-order valence-corrected chi connectivity index (χ2v) is 21.2. The summed E-state index contributed by atoms with van der Waals surface area (Å²) < 4.78 is 56.0. The van der Waals surface area contributed by atoms with Gasteiger partial charge in [-0.15, -0.1) is 0 Å². The van der Waals surface area contributed by atoms with Crippen molar-refractivity contribution in [3.05, 3.63) is 51.6 Å². The highest BCUT2D eigenvalue weighted by atomic mass is 16.6. The monoisotopic (exact) mass is 1170 g/mol. The number of fused-ring (bicyclic) bond motifs is 3. The fourth-order valence-electron chi connectivity index (χ4n) is 8.98. The smallest absolute Gasteiger partial charge is 0.311 e. The van der Waals surface area contributed by atoms with Crippen LogP contribution in [-0.2, 0) is 62.4 Å². The first-order valence-corrected chi connectivity index (χ1v) is 30.9. The third kappa shape index (κ3) is 21.8. The van der Waals surface area contributed by atoms with E-state index in [0.29, 0.717) is 116 Å². The average molecular weight is 1170 g/mol. The maximum Gasteiger partial charge on any atom is 0.311 e. The van der Waals surface area contributed by atoms with Crippen LogP contribution >= 0.6 is 0 Å². The van der Waals surface area contributed by atoms with Crippen molar-refractivity contribution in [1.29, 1.82) is 0 Å². The zero-order valence-corrected chi connectivity index (χ0v) is 51.3. The molecule has 1 aliphatic carbocycles. The van der Waals surface area contributed by atoms with E-state index in [1.165, 1.54) is 18.2 Å². The molecule has 18 nitrogen and oxygen atoms in total. The van der Waals surface area contributed by atoms with Crippen LogP contribution in [0, 0.1) is 0 Å². The maximum atomic E-state index is 14.2. The Hall–Kier alpha value is -7.11. The van der Waals surface area contributed by atoms with Gasteiger partial charge in [-0.1, -0.05) is 120 Å². The molecule has 0 fully saturated rings. The molecular weight excluding hydrogens is 1080 g/mol. The normalized spacial score (nSPS) is 11.5. The first kappa shape index (κ1) is 69.4. The lowest BCUT2D eigenvalue weighted by Gasteiger charge is -2.23. The molecular formula is C66H90O18. The number of hydrogen-bond donors (Lipinski definition) is 0.